The van der Waals surface area contributed by atoms with Crippen molar-refractivity contribution in [2.45, 2.75) is 105 Å². The van der Waals surface area contributed by atoms with Crippen LogP contribution in [0.25, 0.3) is 0 Å². The van der Waals surface area contributed by atoms with Crippen LogP contribution in [-0.4, -0.2) is 61.6 Å². The molecule has 0 bridgehead atoms. The zero-order chi connectivity index (χ0) is 24.1. The SMILES string of the molecule is CCC[Si]1(OCC)O[Si](CCC)(OCC)O[Si](CCC)(OCC)O[Si](CCC)(OCC)O1. The number of rotatable bonds is 16. The maximum absolute atomic E-state index is 6.94. The van der Waals surface area contributed by atoms with E-state index in [9.17, 15) is 0 Å². The van der Waals surface area contributed by atoms with E-state index < -0.39 is 35.2 Å². The van der Waals surface area contributed by atoms with Gasteiger partial charge in [-0.2, -0.15) is 0 Å². The van der Waals surface area contributed by atoms with Crippen LogP contribution < -0.4 is 0 Å². The van der Waals surface area contributed by atoms with Crippen molar-refractivity contribution in [1.29, 1.82) is 0 Å². The van der Waals surface area contributed by atoms with Gasteiger partial charge in [-0.1, -0.05) is 53.4 Å². The molecule has 32 heavy (non-hydrogen) atoms. The van der Waals surface area contributed by atoms with E-state index in [1.807, 2.05) is 27.7 Å². The standard InChI is InChI=1S/C20H48O8Si4/c1-9-17-29(21-13-5)25-30(18-10-2,22-14-6)27-32(20-12-4,24-16-8)28-31(26-29,19-11-3)23-15-7/h9-20H2,1-8H3. The van der Waals surface area contributed by atoms with Crippen LogP contribution in [0.1, 0.15) is 81.1 Å². The largest absolute Gasteiger partial charge is 0.486 e. The second kappa shape index (κ2) is 14.8. The van der Waals surface area contributed by atoms with Gasteiger partial charge in [-0.05, 0) is 27.7 Å². The van der Waals surface area contributed by atoms with Crippen molar-refractivity contribution in [3.8, 4) is 0 Å². The molecular formula is C20H48O8Si4. The minimum atomic E-state index is -3.20. The zero-order valence-electron chi connectivity index (χ0n) is 21.8. The summed E-state index contributed by atoms with van der Waals surface area (Å²) < 4.78 is 53.2. The highest BCUT2D eigenvalue weighted by Crippen LogP contribution is 2.40. The molecule has 0 aliphatic carbocycles. The second-order valence-electron chi connectivity index (χ2n) is 7.87. The topological polar surface area (TPSA) is 73.8 Å². The van der Waals surface area contributed by atoms with Gasteiger partial charge in [0.05, 0.1) is 0 Å². The first kappa shape index (κ1) is 30.6. The Morgan fingerprint density at radius 2 is 0.562 bits per heavy atom. The first-order chi connectivity index (χ1) is 15.3. The van der Waals surface area contributed by atoms with Crippen LogP contribution in [-0.2, 0) is 34.2 Å². The number of hydrogen-bond donors (Lipinski definition) is 0. The van der Waals surface area contributed by atoms with E-state index in [0.29, 0.717) is 50.6 Å². The van der Waals surface area contributed by atoms with E-state index >= 15 is 0 Å². The molecule has 192 valence electrons. The lowest BCUT2D eigenvalue weighted by molar-refractivity contribution is 0.0171. The fraction of sp³-hybridized carbons (Fsp3) is 1.00. The van der Waals surface area contributed by atoms with E-state index in [1.165, 1.54) is 0 Å². The van der Waals surface area contributed by atoms with Gasteiger partial charge in [0.15, 0.2) is 0 Å². The summed E-state index contributed by atoms with van der Waals surface area (Å²) in [7, 11) is -12.8. The predicted molar refractivity (Wildman–Crippen MR) is 134 cm³/mol. The Bertz CT molecular complexity index is 386. The highest BCUT2D eigenvalue weighted by molar-refractivity contribution is 6.89. The molecule has 0 aromatic rings. The van der Waals surface area contributed by atoms with Gasteiger partial charge < -0.3 is 34.2 Å². The molecule has 0 atom stereocenters. The third-order valence-electron chi connectivity index (χ3n) is 4.93. The molecule has 1 aliphatic rings. The lowest BCUT2D eigenvalue weighted by Gasteiger charge is -2.49. The Hall–Kier alpha value is 0.548. The van der Waals surface area contributed by atoms with Crippen molar-refractivity contribution >= 4 is 35.2 Å². The fourth-order valence-corrected chi connectivity index (χ4v) is 23.8. The summed E-state index contributed by atoms with van der Waals surface area (Å²) in [5, 5.41) is 0. The molecule has 0 aromatic heterocycles. The summed E-state index contributed by atoms with van der Waals surface area (Å²) in [6.45, 7) is 18.3. The van der Waals surface area contributed by atoms with Crippen LogP contribution in [0, 0.1) is 0 Å². The minimum Gasteiger partial charge on any atom is -0.375 e. The van der Waals surface area contributed by atoms with Crippen LogP contribution in [0.4, 0.5) is 0 Å². The molecule has 0 unspecified atom stereocenters. The normalized spacial score (nSPS) is 33.8. The predicted octanol–water partition coefficient (Wildman–Crippen LogP) is 5.61. The Morgan fingerprint density at radius 1 is 0.375 bits per heavy atom. The molecule has 0 radical (unpaired) electrons. The molecule has 1 rings (SSSR count). The Kier molecular flexibility index (Phi) is 14.2. The van der Waals surface area contributed by atoms with Gasteiger partial charge in [-0.3, -0.25) is 0 Å². The molecule has 1 aliphatic heterocycles. The van der Waals surface area contributed by atoms with E-state index in [2.05, 4.69) is 27.7 Å². The first-order valence-corrected chi connectivity index (χ1v) is 20.4. The molecule has 0 N–H and O–H groups in total. The molecular weight excluding hydrogens is 481 g/mol. The third-order valence-corrected chi connectivity index (χ3v) is 22.2. The lowest BCUT2D eigenvalue weighted by Crippen LogP contribution is -2.73. The highest BCUT2D eigenvalue weighted by atomic mass is 28.6. The third kappa shape index (κ3) is 8.34. The van der Waals surface area contributed by atoms with Crippen LogP contribution in [0.2, 0.25) is 24.2 Å². The Balaban J connectivity index is 3.73. The van der Waals surface area contributed by atoms with Crippen LogP contribution in [0.3, 0.4) is 0 Å². The summed E-state index contributed by atoms with van der Waals surface area (Å²) in [6, 6.07) is 2.67. The molecule has 0 amide bonds. The van der Waals surface area contributed by atoms with E-state index in [1.54, 1.807) is 0 Å². The molecule has 0 aromatic carbocycles. The van der Waals surface area contributed by atoms with Gasteiger partial charge in [-0.15, -0.1) is 0 Å². The molecule has 8 nitrogen and oxygen atoms in total. The fourth-order valence-electron chi connectivity index (χ4n) is 4.07. The quantitative estimate of drug-likeness (QED) is 0.239. The molecule has 0 spiro atoms. The summed E-state index contributed by atoms with van der Waals surface area (Å²) in [5.74, 6) is 0. The van der Waals surface area contributed by atoms with Crippen molar-refractivity contribution in [3.05, 3.63) is 0 Å². The van der Waals surface area contributed by atoms with Crippen LogP contribution in [0.5, 0.6) is 0 Å². The van der Waals surface area contributed by atoms with Gasteiger partial charge in [0, 0.05) is 50.6 Å². The molecule has 1 fully saturated rings. The Morgan fingerprint density at radius 3 is 0.688 bits per heavy atom. The average Bonchev–Trinajstić information content (AvgIpc) is 2.68. The summed E-state index contributed by atoms with van der Waals surface area (Å²) in [5.41, 5.74) is 0. The lowest BCUT2D eigenvalue weighted by atomic mass is 10.6. The van der Waals surface area contributed by atoms with Crippen molar-refractivity contribution < 1.29 is 34.2 Å². The van der Waals surface area contributed by atoms with Crippen LogP contribution >= 0.6 is 0 Å². The summed E-state index contributed by atoms with van der Waals surface area (Å²) in [6.07, 6.45) is 3.45. The maximum Gasteiger partial charge on any atom is 0.486 e. The zero-order valence-corrected chi connectivity index (χ0v) is 25.8. The van der Waals surface area contributed by atoms with Crippen molar-refractivity contribution in [2.24, 2.45) is 0 Å². The molecule has 1 heterocycles. The van der Waals surface area contributed by atoms with Crippen LogP contribution in [0.15, 0.2) is 0 Å². The van der Waals surface area contributed by atoms with E-state index in [0.717, 1.165) is 25.7 Å². The minimum absolute atomic E-state index is 0.487. The maximum atomic E-state index is 6.94. The monoisotopic (exact) mass is 528 g/mol. The Labute approximate surface area is 201 Å². The van der Waals surface area contributed by atoms with Crippen molar-refractivity contribution in [2.75, 3.05) is 26.4 Å². The number of hydrogen-bond acceptors (Lipinski definition) is 8. The summed E-state index contributed by atoms with van der Waals surface area (Å²) in [4.78, 5) is 0. The van der Waals surface area contributed by atoms with Gasteiger partial charge in [-0.25, -0.2) is 0 Å². The van der Waals surface area contributed by atoms with E-state index in [4.69, 9.17) is 34.2 Å². The summed E-state index contributed by atoms with van der Waals surface area (Å²) >= 11 is 0. The molecule has 1 saturated heterocycles. The van der Waals surface area contributed by atoms with Gasteiger partial charge in [0.1, 0.15) is 0 Å². The smallest absolute Gasteiger partial charge is 0.375 e. The first-order valence-electron chi connectivity index (χ1n) is 12.7. The molecule has 12 heteroatoms. The van der Waals surface area contributed by atoms with Gasteiger partial charge in [0.25, 0.3) is 0 Å². The van der Waals surface area contributed by atoms with E-state index in [-0.39, 0.29) is 0 Å². The molecule has 0 saturated carbocycles. The average molecular weight is 529 g/mol. The van der Waals surface area contributed by atoms with Crippen molar-refractivity contribution in [1.82, 2.24) is 0 Å². The van der Waals surface area contributed by atoms with Crippen molar-refractivity contribution in [3.63, 3.8) is 0 Å². The highest BCUT2D eigenvalue weighted by Gasteiger charge is 2.67. The van der Waals surface area contributed by atoms with Gasteiger partial charge in [0.2, 0.25) is 0 Å². The second-order valence-corrected chi connectivity index (χ2v) is 19.8. The van der Waals surface area contributed by atoms with Gasteiger partial charge >= 0.3 is 35.2 Å².